The first-order valence-electron chi connectivity index (χ1n) is 6.53. The molecule has 0 fully saturated rings. The molecule has 0 heterocycles. The van der Waals surface area contributed by atoms with Gasteiger partial charge in [-0.1, -0.05) is 13.8 Å². The molecule has 0 saturated carbocycles. The average Bonchev–Trinajstić information content (AvgIpc) is 2.33. The number of rotatable bonds is 5. The minimum Gasteiger partial charge on any atom is -0.394 e. The van der Waals surface area contributed by atoms with Crippen molar-refractivity contribution in [1.29, 1.82) is 0 Å². The lowest BCUT2D eigenvalue weighted by Crippen LogP contribution is -2.38. The van der Waals surface area contributed by atoms with Crippen molar-refractivity contribution in [3.05, 3.63) is 34.6 Å². The zero-order valence-corrected chi connectivity index (χ0v) is 12.0. The molecule has 1 rings (SSSR count). The second-order valence-corrected chi connectivity index (χ2v) is 5.41. The van der Waals surface area contributed by atoms with E-state index in [0.717, 1.165) is 0 Å². The molecule has 0 aromatic heterocycles. The first-order chi connectivity index (χ1) is 8.85. The second-order valence-electron chi connectivity index (χ2n) is 5.41. The fraction of sp³-hybridized carbons (Fsp3) is 0.533. The first-order valence-corrected chi connectivity index (χ1v) is 6.53. The SMILES string of the molecule is Cc1cc(C(=O)NC(CO)CC(C)C)cc(C)c1F. The van der Waals surface area contributed by atoms with Crippen LogP contribution in [-0.2, 0) is 0 Å². The van der Waals surface area contributed by atoms with E-state index in [1.807, 2.05) is 13.8 Å². The third-order valence-electron chi connectivity index (χ3n) is 3.01. The van der Waals surface area contributed by atoms with Crippen LogP contribution in [0.5, 0.6) is 0 Å². The minimum atomic E-state index is -0.280. The monoisotopic (exact) mass is 267 g/mol. The van der Waals surface area contributed by atoms with Crippen LogP contribution in [0.25, 0.3) is 0 Å². The number of aliphatic hydroxyl groups excluding tert-OH is 1. The van der Waals surface area contributed by atoms with Gasteiger partial charge in [0.05, 0.1) is 12.6 Å². The number of aliphatic hydroxyl groups is 1. The Bertz CT molecular complexity index is 434. The molecule has 1 atom stereocenters. The third kappa shape index (κ3) is 4.31. The van der Waals surface area contributed by atoms with E-state index in [2.05, 4.69) is 5.32 Å². The molecule has 0 bridgehead atoms. The summed E-state index contributed by atoms with van der Waals surface area (Å²) >= 11 is 0. The molecule has 0 aliphatic rings. The Hall–Kier alpha value is -1.42. The Morgan fingerprint density at radius 3 is 2.26 bits per heavy atom. The number of hydrogen-bond donors (Lipinski definition) is 2. The van der Waals surface area contributed by atoms with Crippen LogP contribution in [0.1, 0.15) is 41.8 Å². The highest BCUT2D eigenvalue weighted by atomic mass is 19.1. The Morgan fingerprint density at radius 1 is 1.32 bits per heavy atom. The van der Waals surface area contributed by atoms with Gasteiger partial charge in [-0.15, -0.1) is 0 Å². The summed E-state index contributed by atoms with van der Waals surface area (Å²) in [6.07, 6.45) is 0.710. The molecular formula is C15H22FNO2. The van der Waals surface area contributed by atoms with Gasteiger partial charge in [-0.05, 0) is 49.4 Å². The van der Waals surface area contributed by atoms with Crippen molar-refractivity contribution in [2.24, 2.45) is 5.92 Å². The summed E-state index contributed by atoms with van der Waals surface area (Å²) in [4.78, 5) is 12.1. The van der Waals surface area contributed by atoms with E-state index in [4.69, 9.17) is 0 Å². The van der Waals surface area contributed by atoms with Crippen LogP contribution in [0.4, 0.5) is 4.39 Å². The summed E-state index contributed by atoms with van der Waals surface area (Å²) in [6.45, 7) is 7.23. The van der Waals surface area contributed by atoms with Gasteiger partial charge < -0.3 is 10.4 Å². The van der Waals surface area contributed by atoms with Crippen LogP contribution in [-0.4, -0.2) is 23.7 Å². The van der Waals surface area contributed by atoms with E-state index in [1.54, 1.807) is 13.8 Å². The molecule has 0 radical (unpaired) electrons. The number of hydrogen-bond acceptors (Lipinski definition) is 2. The van der Waals surface area contributed by atoms with Crippen molar-refractivity contribution in [3.63, 3.8) is 0 Å². The lowest BCUT2D eigenvalue weighted by atomic mass is 10.0. The van der Waals surface area contributed by atoms with E-state index in [-0.39, 0.29) is 24.4 Å². The molecule has 1 amide bonds. The van der Waals surface area contributed by atoms with Crippen LogP contribution in [0.3, 0.4) is 0 Å². The minimum absolute atomic E-state index is 0.0942. The zero-order valence-electron chi connectivity index (χ0n) is 12.0. The van der Waals surface area contributed by atoms with Gasteiger partial charge in [-0.25, -0.2) is 4.39 Å². The molecule has 2 N–H and O–H groups in total. The quantitative estimate of drug-likeness (QED) is 0.861. The van der Waals surface area contributed by atoms with Gasteiger partial charge in [0.25, 0.3) is 5.91 Å². The molecule has 4 heteroatoms. The predicted molar refractivity (Wildman–Crippen MR) is 73.7 cm³/mol. The molecule has 0 spiro atoms. The maximum atomic E-state index is 13.5. The number of amides is 1. The van der Waals surface area contributed by atoms with Crippen molar-refractivity contribution in [3.8, 4) is 0 Å². The maximum Gasteiger partial charge on any atom is 0.251 e. The van der Waals surface area contributed by atoms with Crippen LogP contribution in [0, 0.1) is 25.6 Å². The maximum absolute atomic E-state index is 13.5. The summed E-state index contributed by atoms with van der Waals surface area (Å²) in [5.74, 6) is -0.169. The molecule has 106 valence electrons. The Labute approximate surface area is 113 Å². The highest BCUT2D eigenvalue weighted by molar-refractivity contribution is 5.94. The second kappa shape index (κ2) is 6.66. The Balaban J connectivity index is 2.83. The smallest absolute Gasteiger partial charge is 0.251 e. The Kier molecular flexibility index (Phi) is 5.48. The largest absolute Gasteiger partial charge is 0.394 e. The van der Waals surface area contributed by atoms with E-state index in [0.29, 0.717) is 29.0 Å². The van der Waals surface area contributed by atoms with Gasteiger partial charge in [0, 0.05) is 5.56 Å². The van der Waals surface area contributed by atoms with Gasteiger partial charge in [-0.3, -0.25) is 4.79 Å². The predicted octanol–water partition coefficient (Wildman–Crippen LogP) is 2.58. The summed E-state index contributed by atoms with van der Waals surface area (Å²) in [6, 6.07) is 2.79. The zero-order chi connectivity index (χ0) is 14.6. The molecule has 1 aromatic rings. The van der Waals surface area contributed by atoms with Crippen molar-refractivity contribution in [1.82, 2.24) is 5.32 Å². The fourth-order valence-electron chi connectivity index (χ4n) is 2.09. The molecule has 0 saturated heterocycles. The topological polar surface area (TPSA) is 49.3 Å². The molecule has 19 heavy (non-hydrogen) atoms. The van der Waals surface area contributed by atoms with E-state index >= 15 is 0 Å². The van der Waals surface area contributed by atoms with Crippen LogP contribution in [0.15, 0.2) is 12.1 Å². The molecule has 0 aliphatic carbocycles. The van der Waals surface area contributed by atoms with Crippen molar-refractivity contribution in [2.45, 2.75) is 40.2 Å². The number of benzene rings is 1. The molecule has 0 aliphatic heterocycles. The lowest BCUT2D eigenvalue weighted by Gasteiger charge is -2.18. The molecular weight excluding hydrogens is 245 g/mol. The number of halogens is 1. The highest BCUT2D eigenvalue weighted by Crippen LogP contribution is 2.15. The van der Waals surface area contributed by atoms with Crippen molar-refractivity contribution < 1.29 is 14.3 Å². The van der Waals surface area contributed by atoms with E-state index in [9.17, 15) is 14.3 Å². The normalized spacial score (nSPS) is 12.6. The van der Waals surface area contributed by atoms with Crippen LogP contribution in [0.2, 0.25) is 0 Å². The van der Waals surface area contributed by atoms with Crippen molar-refractivity contribution in [2.75, 3.05) is 6.61 Å². The van der Waals surface area contributed by atoms with E-state index in [1.165, 1.54) is 12.1 Å². The van der Waals surface area contributed by atoms with Gasteiger partial charge in [0.15, 0.2) is 0 Å². The van der Waals surface area contributed by atoms with Crippen LogP contribution < -0.4 is 5.32 Å². The summed E-state index contributed by atoms with van der Waals surface area (Å²) in [5, 5.41) is 12.0. The van der Waals surface area contributed by atoms with Gasteiger partial charge >= 0.3 is 0 Å². The summed E-state index contributed by atoms with van der Waals surface area (Å²) in [5.41, 5.74) is 1.34. The van der Waals surface area contributed by atoms with Crippen molar-refractivity contribution >= 4 is 5.91 Å². The van der Waals surface area contributed by atoms with Gasteiger partial charge in [0.2, 0.25) is 0 Å². The number of nitrogens with one attached hydrogen (secondary N) is 1. The van der Waals surface area contributed by atoms with Crippen LogP contribution >= 0.6 is 0 Å². The van der Waals surface area contributed by atoms with Gasteiger partial charge in [-0.2, -0.15) is 0 Å². The van der Waals surface area contributed by atoms with Gasteiger partial charge in [0.1, 0.15) is 5.82 Å². The Morgan fingerprint density at radius 2 is 1.84 bits per heavy atom. The first kappa shape index (κ1) is 15.6. The summed E-state index contributed by atoms with van der Waals surface area (Å²) < 4.78 is 13.5. The molecule has 3 nitrogen and oxygen atoms in total. The lowest BCUT2D eigenvalue weighted by molar-refractivity contribution is 0.0908. The summed E-state index contributed by atoms with van der Waals surface area (Å²) in [7, 11) is 0. The molecule has 1 aromatic carbocycles. The fourth-order valence-corrected chi connectivity index (χ4v) is 2.09. The molecule has 1 unspecified atom stereocenters. The van der Waals surface area contributed by atoms with E-state index < -0.39 is 0 Å². The number of carbonyl (C=O) groups excluding carboxylic acids is 1. The highest BCUT2D eigenvalue weighted by Gasteiger charge is 2.16. The standard InChI is InChI=1S/C15H22FNO2/c1-9(2)5-13(8-18)17-15(19)12-6-10(3)14(16)11(4)7-12/h6-7,9,13,18H,5,8H2,1-4H3,(H,17,19). The number of aryl methyl sites for hydroxylation is 2. The third-order valence-corrected chi connectivity index (χ3v) is 3.01. The number of carbonyl (C=O) groups is 1. The average molecular weight is 267 g/mol.